The van der Waals surface area contributed by atoms with Crippen LogP contribution >= 0.6 is 23.1 Å². The molecule has 2 saturated heterocycles. The Balaban J connectivity index is 1.03. The molecule has 0 saturated carbocycles. The number of thioether (sulfide) groups is 1. The summed E-state index contributed by atoms with van der Waals surface area (Å²) in [6.07, 6.45) is 0.717. The van der Waals surface area contributed by atoms with E-state index < -0.39 is 217 Å². The van der Waals surface area contributed by atoms with Crippen molar-refractivity contribution < 1.29 is 101 Å². The molecule has 17 atom stereocenters. The zero-order chi connectivity index (χ0) is 106. The number of primary amides is 3. The van der Waals surface area contributed by atoms with Crippen molar-refractivity contribution >= 4 is 156 Å². The van der Waals surface area contributed by atoms with E-state index >= 15 is 19.2 Å². The number of rotatable bonds is 57. The number of hydrogen-bond acceptors (Lipinski definition) is 28. The lowest BCUT2D eigenvalue weighted by molar-refractivity contribution is -0.145. The number of aliphatic hydroxyl groups excluding tert-OH is 1. The number of hydrogen-bond donors (Lipinski definition) is 18. The van der Waals surface area contributed by atoms with Crippen LogP contribution in [-0.4, -0.2) is 312 Å². The smallest absolute Gasteiger partial charge is 0.333 e. The number of amides is 16. The van der Waals surface area contributed by atoms with Crippen molar-refractivity contribution in [1.82, 2.24) is 82.7 Å². The number of likely N-dealkylation sites (tertiary alicyclic amines) is 2. The first-order valence-electron chi connectivity index (χ1n) is 48.6. The molecular weight excluding hydrogens is 1900 g/mol. The maximum absolute atomic E-state index is 15.5. The van der Waals surface area contributed by atoms with Crippen LogP contribution in [0.25, 0.3) is 21.1 Å². The Bertz CT molecular complexity index is 5440. The van der Waals surface area contributed by atoms with Crippen molar-refractivity contribution in [1.29, 1.82) is 0 Å². The molecule has 2 aliphatic heterocycles. The average Bonchev–Trinajstić information content (AvgIpc) is 1.56. The lowest BCUT2D eigenvalue weighted by atomic mass is 9.92. The van der Waals surface area contributed by atoms with Gasteiger partial charge in [0, 0.05) is 95.2 Å². The number of fused-ring (bicyclic) bond motifs is 2. The number of ether oxygens (including phenoxy) is 2. The number of carbonyl (C=O) groups excluding carboxylic acids is 17. The lowest BCUT2D eigenvalue weighted by Crippen LogP contribution is -2.61. The molecule has 2 aliphatic rings. The molecule has 16 amide bonds. The topological polar surface area (TPSA) is 630 Å². The lowest BCUT2D eigenvalue weighted by Gasteiger charge is -2.37. The van der Waals surface area contributed by atoms with Crippen LogP contribution in [0.4, 0.5) is 10.8 Å². The minimum absolute atomic E-state index is 0.0370. The van der Waals surface area contributed by atoms with E-state index in [1.54, 1.807) is 94.4 Å². The fourth-order valence-electron chi connectivity index (χ4n) is 17.7. The number of likely N-dealkylation sites (N-methyl/N-ethyl adjacent to an activating group) is 4. The summed E-state index contributed by atoms with van der Waals surface area (Å²) >= 11 is 2.23. The quantitative estimate of drug-likeness (QED) is 0.0189. The number of benzene rings is 4. The Hall–Kier alpha value is -13.1. The van der Waals surface area contributed by atoms with Gasteiger partial charge in [-0.3, -0.25) is 76.7 Å². The van der Waals surface area contributed by atoms with Crippen LogP contribution in [-0.2, 0) is 104 Å². The van der Waals surface area contributed by atoms with Gasteiger partial charge in [-0.1, -0.05) is 127 Å². The van der Waals surface area contributed by atoms with E-state index in [4.69, 9.17) is 32.4 Å². The van der Waals surface area contributed by atoms with Crippen molar-refractivity contribution in [2.24, 2.45) is 40.7 Å². The zero-order valence-electron chi connectivity index (χ0n) is 84.5. The number of carbonyl (C=O) groups is 17. The van der Waals surface area contributed by atoms with Gasteiger partial charge in [-0.25, -0.2) is 9.78 Å². The summed E-state index contributed by atoms with van der Waals surface area (Å²) in [5, 5.41) is 52.6. The van der Waals surface area contributed by atoms with Gasteiger partial charge < -0.3 is 131 Å². The fourth-order valence-corrected chi connectivity index (χ4v) is 19.4. The molecule has 2 aromatic heterocycles. The number of aromatic hydroxyl groups is 1. The van der Waals surface area contributed by atoms with Gasteiger partial charge in [-0.15, -0.1) is 11.8 Å². The number of nitrogens with zero attached hydrogens (tertiary/aromatic N) is 6. The number of methoxy groups -OCH3 is 2. The Labute approximate surface area is 846 Å². The molecule has 0 bridgehead atoms. The van der Waals surface area contributed by atoms with Crippen LogP contribution in [0.15, 0.2) is 97.2 Å². The zero-order valence-corrected chi connectivity index (χ0v) is 86.1. The highest BCUT2D eigenvalue weighted by Gasteiger charge is 2.47. The maximum Gasteiger partial charge on any atom is 0.333 e. The number of aromatic nitrogens is 2. The number of H-pyrrole nitrogens is 1. The second-order valence-corrected chi connectivity index (χ2v) is 39.6. The number of aromatic amines is 1. The number of phenolic OH excluding ortho intramolecular Hbond substituents is 1. The van der Waals surface area contributed by atoms with Crippen LogP contribution in [0.5, 0.6) is 5.75 Å². The highest BCUT2D eigenvalue weighted by Crippen LogP contribution is 2.39. The molecule has 0 aliphatic carbocycles. The highest BCUT2D eigenvalue weighted by atomic mass is 32.2. The van der Waals surface area contributed by atoms with Crippen LogP contribution in [0.3, 0.4) is 0 Å². The van der Waals surface area contributed by atoms with Gasteiger partial charge in [0.15, 0.2) is 11.2 Å². The number of phenols is 1. The van der Waals surface area contributed by atoms with Gasteiger partial charge in [0.1, 0.15) is 78.4 Å². The third-order valence-corrected chi connectivity index (χ3v) is 27.8. The summed E-state index contributed by atoms with van der Waals surface area (Å²) in [4.78, 5) is 254. The molecule has 6 aromatic rings. The third-order valence-electron chi connectivity index (χ3n) is 25.8. The van der Waals surface area contributed by atoms with Gasteiger partial charge in [-0.2, -0.15) is 0 Å². The molecule has 2 fully saturated rings. The van der Waals surface area contributed by atoms with E-state index in [9.17, 15) is 72.5 Å². The van der Waals surface area contributed by atoms with Gasteiger partial charge in [0.25, 0.3) is 0 Å². The minimum Gasteiger partial charge on any atom is -0.508 e. The van der Waals surface area contributed by atoms with Gasteiger partial charge in [-0.05, 0) is 156 Å². The van der Waals surface area contributed by atoms with Gasteiger partial charge >= 0.3 is 5.97 Å². The molecule has 4 heterocycles. The van der Waals surface area contributed by atoms with E-state index in [2.05, 4.69) is 68.5 Å². The molecule has 144 heavy (non-hydrogen) atoms. The summed E-state index contributed by atoms with van der Waals surface area (Å²) < 4.78 is 12.5. The average molecular weight is 2040 g/mol. The minimum atomic E-state index is -1.61. The second kappa shape index (κ2) is 55.7. The Morgan fingerprint density at radius 3 is 1.90 bits per heavy atom. The summed E-state index contributed by atoms with van der Waals surface area (Å²) in [5.41, 5.74) is 26.1. The number of esters is 1. The van der Waals surface area contributed by atoms with E-state index in [0.717, 1.165) is 32.5 Å². The number of β-amino-alcohol motifs (C(OH)–C–C–N with tert-alkyl or cyclic N) is 1. The van der Waals surface area contributed by atoms with Crippen LogP contribution in [0.1, 0.15) is 174 Å². The first-order chi connectivity index (χ1) is 68.4. The monoisotopic (exact) mass is 2040 g/mol. The molecule has 43 nitrogen and oxygen atoms in total. The molecule has 788 valence electrons. The number of unbranched alkanes of at least 4 members (excludes halogenated alkanes) is 1. The summed E-state index contributed by atoms with van der Waals surface area (Å²) in [6.45, 7) is 14.6. The molecule has 8 rings (SSSR count). The van der Waals surface area contributed by atoms with E-state index in [1.165, 1.54) is 80.5 Å². The summed E-state index contributed by atoms with van der Waals surface area (Å²) in [7, 11) is 8.64. The van der Waals surface area contributed by atoms with E-state index in [0.29, 0.717) is 57.6 Å². The SMILES string of the molecule is CCCC[C@@H](C(=O)N[C@@H](CC(C)C)C(=O)N[C@@H](CSCC(N)=O)C(=O)NCC(N)=O)N(C)C(=O)[C@H](CCC(C)c1cccc(N(C(C)OC)C(C(=O)OC)c2cccc3c(C[C@H](NC(=O)[C@@H]4C[C@@H](O)CN4C(=O)[C@H](CC(C)C)NC(=O)[C@H](CNc4nc5ccccc5s4)NC(=O)[C@@H]4CCCN4C(=O)[C@H](CC(N)=O)NC(=O)[C@H](C)N(C)C(=O)[C@@H](C)Cc4ccc(O)cc4)C(=O)N[C@@H](CCN)C(=O)NC)c[nH]c23)c1)NC. The van der Waals surface area contributed by atoms with Crippen molar-refractivity contribution in [2.45, 2.75) is 249 Å². The highest BCUT2D eigenvalue weighted by molar-refractivity contribution is 8.00. The Kier molecular flexibility index (Phi) is 44.9. The normalized spacial score (nSPS) is 17.0. The molecule has 45 heteroatoms. The number of anilines is 2. The predicted octanol–water partition coefficient (Wildman–Crippen LogP) is 1.29. The Morgan fingerprint density at radius 2 is 1.26 bits per heavy atom. The molecular formula is C99H144N22O21S2. The first kappa shape index (κ1) is 116. The van der Waals surface area contributed by atoms with Crippen molar-refractivity contribution in [3.8, 4) is 5.75 Å². The van der Waals surface area contributed by atoms with Crippen LogP contribution < -0.4 is 86.3 Å². The van der Waals surface area contributed by atoms with Crippen molar-refractivity contribution in [3.63, 3.8) is 0 Å². The fraction of sp³-hybridized carbons (Fsp3) is 0.556. The van der Waals surface area contributed by atoms with Gasteiger partial charge in [0.2, 0.25) is 94.5 Å². The first-order valence-corrected chi connectivity index (χ1v) is 50.5. The molecule has 0 radical (unpaired) electrons. The number of para-hydroxylation sites is 2. The Morgan fingerprint density at radius 1 is 0.625 bits per heavy atom. The predicted molar refractivity (Wildman–Crippen MR) is 544 cm³/mol. The van der Waals surface area contributed by atoms with Crippen LogP contribution in [0.2, 0.25) is 0 Å². The number of thiazole rings is 1. The van der Waals surface area contributed by atoms with E-state index in [1.807, 2.05) is 58.0 Å². The number of aliphatic hydroxyl groups is 1. The molecule has 22 N–H and O–H groups in total. The second-order valence-electron chi connectivity index (χ2n) is 37.5. The third kappa shape index (κ3) is 32.4. The summed E-state index contributed by atoms with van der Waals surface area (Å²) in [6, 6.07) is 9.04. The molecule has 3 unspecified atom stereocenters. The van der Waals surface area contributed by atoms with Crippen molar-refractivity contribution in [3.05, 3.63) is 119 Å². The maximum atomic E-state index is 15.5. The molecule has 0 spiro atoms. The largest absolute Gasteiger partial charge is 0.508 e. The number of nitrogens with one attached hydrogen (secondary N) is 12. The number of nitrogens with two attached hydrogens (primary N) is 4. The van der Waals surface area contributed by atoms with Crippen LogP contribution in [0, 0.1) is 17.8 Å². The molecule has 4 aromatic carbocycles. The van der Waals surface area contributed by atoms with Gasteiger partial charge in [0.05, 0.1) is 53.7 Å². The standard InChI is InChI=1S/C99H144N22O21S2/c1-16-17-28-76(91(133)110-70(40-53(2)3)88(130)115-75(51-143-52-82(103)126)87(129)107-49-81(102)125)118(13)95(137)69(104-10)36-31-55(6)60-23-20-24-62(43-60)121(58(9)141-14)84(98(140)142-15)66-26-21-25-65-61(47-106-83(65)66)44-71(89(131)109-68(37-38-100)86(128)105-11)111-93(135)78-45-64(123)50-120(78)97(139)72(41-54(4)5)113-90(132)74(48-108-99-116-67-27-18-19-30-79(67)144-99)114-92(134)77-29-22-39-119(77)96(138)73(46-80(101)124)112-85(127)57(8)117(12)94(136)56(7)42-59-32-34-63(122)35-33-59/h18-21,23-27,30,32-35,43,47,53-58,64,68-78,84,104,106,122-123H,16-17,22,28-29,31,36-42,44-46,48-52,100H2,1-15H3,(H2,101,124)(H2,102,125)(H2,103,126)(H,105,128)(H,107,129)(H,108,116)(H,109,131)(H,110,133)(H,111,135)(H,112,127)(H,113,132)(H,114,134)(H,115,130)/t55?,56-,57-,58?,64+,68-,69-,70-,71-,72-,73-,74-,75-,76-,77-,78-,84?/m0/s1. The summed E-state index contributed by atoms with van der Waals surface area (Å²) in [5.74, 6) is -14.4. The van der Waals surface area contributed by atoms with E-state index in [-0.39, 0.29) is 119 Å². The van der Waals surface area contributed by atoms with Crippen molar-refractivity contribution in [2.75, 3.05) is 96.9 Å².